The number of hydrogen-bond acceptors (Lipinski definition) is 11. The number of aromatic nitrogens is 3. The smallest absolute Gasteiger partial charge is 0.271 e. The van der Waals surface area contributed by atoms with Gasteiger partial charge in [-0.2, -0.15) is 0 Å². The van der Waals surface area contributed by atoms with Gasteiger partial charge in [0, 0.05) is 74.9 Å². The normalized spacial score (nSPS) is 16.3. The fourth-order valence-corrected chi connectivity index (χ4v) is 6.52. The van der Waals surface area contributed by atoms with Gasteiger partial charge in [-0.1, -0.05) is 6.92 Å². The van der Waals surface area contributed by atoms with Crippen LogP contribution in [0.4, 0.5) is 17.1 Å². The Kier molecular flexibility index (Phi) is 11.3. The molecule has 3 heterocycles. The molecule has 0 N–H and O–H groups in total. The Bertz CT molecular complexity index is 1840. The molecule has 50 heavy (non-hydrogen) atoms. The van der Waals surface area contributed by atoms with Crippen molar-refractivity contribution in [3.05, 3.63) is 75.7 Å². The molecule has 2 atom stereocenters. The van der Waals surface area contributed by atoms with E-state index >= 15 is 0 Å². The minimum absolute atomic E-state index is 0.000460. The molecule has 0 unspecified atom stereocenters. The molecule has 2 aromatic heterocycles. The summed E-state index contributed by atoms with van der Waals surface area (Å²) in [6.45, 7) is 12.4. The van der Waals surface area contributed by atoms with Crippen molar-refractivity contribution in [3.8, 4) is 11.5 Å². The lowest BCUT2D eigenvalue weighted by molar-refractivity contribution is -0.384. The van der Waals surface area contributed by atoms with Gasteiger partial charge in [-0.05, 0) is 69.9 Å². The van der Waals surface area contributed by atoms with Crippen LogP contribution in [0.25, 0.3) is 11.2 Å². The first-order valence-electron chi connectivity index (χ1n) is 16.9. The molecule has 1 aliphatic heterocycles. The number of ether oxygens (including phenoxy) is 4. The Hall–Kier alpha value is -4.75. The van der Waals surface area contributed by atoms with Gasteiger partial charge in [0.05, 0.1) is 43.1 Å². The number of nitro groups is 1. The lowest BCUT2D eigenvalue weighted by atomic mass is 10.0. The molecule has 0 radical (unpaired) electrons. The maximum absolute atomic E-state index is 13.4. The summed E-state index contributed by atoms with van der Waals surface area (Å²) in [5.41, 5.74) is 4.94. The highest BCUT2D eigenvalue weighted by molar-refractivity contribution is 5.94. The van der Waals surface area contributed by atoms with Crippen LogP contribution in [0.2, 0.25) is 0 Å². The van der Waals surface area contributed by atoms with Gasteiger partial charge < -0.3 is 28.7 Å². The summed E-state index contributed by atoms with van der Waals surface area (Å²) in [7, 11) is 5.22. The Morgan fingerprint density at radius 1 is 1.18 bits per heavy atom. The molecule has 0 aliphatic carbocycles. The predicted octanol–water partition coefficient (Wildman–Crippen LogP) is 6.58. The van der Waals surface area contributed by atoms with Crippen LogP contribution in [-0.2, 0) is 22.6 Å². The highest BCUT2D eigenvalue weighted by Crippen LogP contribution is 2.32. The van der Waals surface area contributed by atoms with E-state index in [0.717, 1.165) is 33.9 Å². The minimum Gasteiger partial charge on any atom is -0.497 e. The lowest BCUT2D eigenvalue weighted by Crippen LogP contribution is -2.52. The summed E-state index contributed by atoms with van der Waals surface area (Å²) in [6, 6.07) is 12.8. The van der Waals surface area contributed by atoms with E-state index in [-0.39, 0.29) is 47.2 Å². The molecule has 0 bridgehead atoms. The molecule has 13 heteroatoms. The molecule has 1 aliphatic rings. The molecular weight excluding hydrogens is 640 g/mol. The number of fused-ring (bicyclic) bond motifs is 1. The number of rotatable bonds is 14. The van der Waals surface area contributed by atoms with E-state index in [1.54, 1.807) is 32.7 Å². The van der Waals surface area contributed by atoms with Crippen LogP contribution < -0.4 is 19.3 Å². The first kappa shape index (κ1) is 36.5. The zero-order valence-electron chi connectivity index (χ0n) is 30.3. The molecular formula is C37H48N6O7. The Balaban J connectivity index is 1.20. The van der Waals surface area contributed by atoms with E-state index in [9.17, 15) is 14.9 Å². The monoisotopic (exact) mass is 688 g/mol. The zero-order valence-corrected chi connectivity index (χ0v) is 30.3. The third-order valence-corrected chi connectivity index (χ3v) is 8.82. The van der Waals surface area contributed by atoms with Crippen molar-refractivity contribution in [1.82, 2.24) is 14.5 Å². The largest absolute Gasteiger partial charge is 0.497 e. The molecule has 0 spiro atoms. The molecule has 13 nitrogen and oxygen atoms in total. The van der Waals surface area contributed by atoms with Crippen LogP contribution in [0.15, 0.2) is 48.8 Å². The van der Waals surface area contributed by atoms with Gasteiger partial charge in [0.25, 0.3) is 5.69 Å². The molecule has 5 rings (SSSR count). The van der Waals surface area contributed by atoms with Crippen LogP contribution in [0.3, 0.4) is 0 Å². The van der Waals surface area contributed by atoms with Crippen molar-refractivity contribution in [3.63, 3.8) is 0 Å². The van der Waals surface area contributed by atoms with Crippen molar-refractivity contribution in [1.29, 1.82) is 0 Å². The topological polar surface area (TPSA) is 134 Å². The van der Waals surface area contributed by atoms with E-state index in [4.69, 9.17) is 18.9 Å². The van der Waals surface area contributed by atoms with Gasteiger partial charge >= 0.3 is 0 Å². The standard InChI is InChI=1S/C37H48N6O7/c1-24(20-49-21-27-14-29(16-30(15-27)43(45)46)41-18-26(3)50-37(4,5)22-41)9-12-34(44)42-23-38-35-32(13-25(2)39-36(35)42)40(6)19-28-10-11-31(47-7)17-33(28)48-8/h10-11,13-17,23-24,26H,9,12,18-22H2,1-8H3/t24-,26-/m0/s1. The number of aryl methyl sites for hydroxylation is 1. The van der Waals surface area contributed by atoms with E-state index in [2.05, 4.69) is 19.8 Å². The highest BCUT2D eigenvalue weighted by atomic mass is 16.6. The average molecular weight is 689 g/mol. The van der Waals surface area contributed by atoms with Crippen LogP contribution in [0.5, 0.6) is 11.5 Å². The van der Waals surface area contributed by atoms with Crippen molar-refractivity contribution >= 4 is 34.1 Å². The van der Waals surface area contributed by atoms with E-state index in [0.29, 0.717) is 49.6 Å². The van der Waals surface area contributed by atoms with Gasteiger partial charge in [-0.25, -0.2) is 9.97 Å². The number of nitrogens with zero attached hydrogens (tertiary/aromatic N) is 6. The fourth-order valence-electron chi connectivity index (χ4n) is 6.52. The number of morpholine rings is 1. The number of anilines is 2. The minimum atomic E-state index is -0.370. The van der Waals surface area contributed by atoms with Gasteiger partial charge in [-0.3, -0.25) is 19.5 Å². The Morgan fingerprint density at radius 3 is 2.66 bits per heavy atom. The fraction of sp³-hybridized carbons (Fsp3) is 0.486. The summed E-state index contributed by atoms with van der Waals surface area (Å²) < 4.78 is 24.5. The first-order chi connectivity index (χ1) is 23.8. The van der Waals surface area contributed by atoms with Crippen molar-refractivity contribution in [2.24, 2.45) is 5.92 Å². The molecule has 0 saturated carbocycles. The van der Waals surface area contributed by atoms with Gasteiger partial charge in [0.2, 0.25) is 5.91 Å². The molecule has 4 aromatic rings. The summed E-state index contributed by atoms with van der Waals surface area (Å²) >= 11 is 0. The van der Waals surface area contributed by atoms with Crippen LogP contribution >= 0.6 is 0 Å². The second kappa shape index (κ2) is 15.4. The maximum atomic E-state index is 13.4. The number of benzene rings is 2. The molecule has 268 valence electrons. The molecule has 0 amide bonds. The predicted molar refractivity (Wildman–Crippen MR) is 193 cm³/mol. The van der Waals surface area contributed by atoms with Gasteiger partial charge in [-0.15, -0.1) is 0 Å². The zero-order chi connectivity index (χ0) is 36.2. The molecule has 2 aromatic carbocycles. The summed E-state index contributed by atoms with van der Waals surface area (Å²) in [4.78, 5) is 38.3. The SMILES string of the molecule is COc1ccc(CN(C)c2cc(C)nc3c2ncn3C(=O)CC[C@H](C)COCc2cc(N3C[C@H](C)OC(C)(C)C3)cc([N+](=O)[O-])c2)c(OC)c1. The van der Waals surface area contributed by atoms with E-state index in [1.807, 2.05) is 72.0 Å². The number of hydrogen-bond donors (Lipinski definition) is 0. The Labute approximate surface area is 293 Å². The number of non-ortho nitro benzene ring substituents is 1. The van der Waals surface area contributed by atoms with Crippen molar-refractivity contribution in [2.75, 3.05) is 50.8 Å². The number of carbonyl (C=O) groups is 1. The van der Waals surface area contributed by atoms with Gasteiger partial charge in [0.1, 0.15) is 23.3 Å². The summed E-state index contributed by atoms with van der Waals surface area (Å²) in [6.07, 6.45) is 2.42. The van der Waals surface area contributed by atoms with Gasteiger partial charge in [0.15, 0.2) is 5.65 Å². The highest BCUT2D eigenvalue weighted by Gasteiger charge is 2.32. The van der Waals surface area contributed by atoms with Crippen molar-refractivity contribution < 1.29 is 28.7 Å². The second-order valence-corrected chi connectivity index (χ2v) is 13.8. The number of pyridine rings is 1. The quantitative estimate of drug-likeness (QED) is 0.105. The summed E-state index contributed by atoms with van der Waals surface area (Å²) in [5.74, 6) is 1.41. The lowest BCUT2D eigenvalue weighted by Gasteiger charge is -2.43. The Morgan fingerprint density at radius 2 is 1.96 bits per heavy atom. The van der Waals surface area contributed by atoms with E-state index < -0.39 is 0 Å². The number of imidazole rings is 1. The number of nitro benzene ring substituents is 1. The number of carbonyl (C=O) groups excluding carboxylic acids is 1. The first-order valence-corrected chi connectivity index (χ1v) is 16.9. The molecule has 1 fully saturated rings. The van der Waals surface area contributed by atoms with E-state index in [1.165, 1.54) is 4.57 Å². The second-order valence-electron chi connectivity index (χ2n) is 13.8. The maximum Gasteiger partial charge on any atom is 0.271 e. The van der Waals surface area contributed by atoms with Crippen LogP contribution in [-0.4, -0.2) is 78.0 Å². The van der Waals surface area contributed by atoms with Crippen molar-refractivity contribution in [2.45, 2.75) is 72.3 Å². The van der Waals surface area contributed by atoms with Crippen LogP contribution in [0.1, 0.15) is 62.2 Å². The summed E-state index contributed by atoms with van der Waals surface area (Å²) in [5, 5.41) is 11.7. The molecule has 1 saturated heterocycles. The third kappa shape index (κ3) is 8.69. The van der Waals surface area contributed by atoms with Crippen LogP contribution in [0, 0.1) is 23.0 Å². The third-order valence-electron chi connectivity index (χ3n) is 8.82. The number of methoxy groups -OCH3 is 2. The average Bonchev–Trinajstić information content (AvgIpc) is 3.49.